The molecule has 0 fully saturated rings. The summed E-state index contributed by atoms with van der Waals surface area (Å²) >= 11 is 0.368. The van der Waals surface area contributed by atoms with Crippen molar-refractivity contribution in [2.24, 2.45) is 0 Å². The molecule has 0 atom stereocenters. The molecule has 2 aromatic carbocycles. The first-order chi connectivity index (χ1) is 15.2. The SMILES string of the molecule is Cc1cc(Nc2ccc(S(=O)(=O)Nc3nnc(C(F)F)s3)c(F)c2)n(-c2ccccc2)n1. The summed E-state index contributed by atoms with van der Waals surface area (Å²) in [7, 11) is -4.40. The molecule has 2 heterocycles. The molecular weight excluding hydrogens is 465 g/mol. The largest absolute Gasteiger partial charge is 0.340 e. The molecule has 0 aliphatic carbocycles. The molecule has 2 N–H and O–H groups in total. The van der Waals surface area contributed by atoms with Crippen LogP contribution in [0.15, 0.2) is 59.5 Å². The standard InChI is InChI=1S/C19H15F3N6O2S2/c1-11-9-16(28(26-11)13-5-3-2-4-6-13)23-12-7-8-15(14(20)10-12)32(29,30)27-19-25-24-18(31-19)17(21)22/h2-10,17,23H,1H3,(H,25,27). The lowest BCUT2D eigenvalue weighted by Crippen LogP contribution is -2.14. The van der Waals surface area contributed by atoms with E-state index in [-0.39, 0.29) is 10.8 Å². The van der Waals surface area contributed by atoms with E-state index in [1.807, 2.05) is 35.1 Å². The molecule has 0 unspecified atom stereocenters. The normalized spacial score (nSPS) is 11.7. The van der Waals surface area contributed by atoms with Crippen LogP contribution in [0.1, 0.15) is 17.1 Å². The molecule has 0 aliphatic rings. The van der Waals surface area contributed by atoms with Gasteiger partial charge in [0, 0.05) is 11.8 Å². The number of aryl methyl sites for hydroxylation is 1. The Morgan fingerprint density at radius 2 is 1.81 bits per heavy atom. The van der Waals surface area contributed by atoms with Gasteiger partial charge in [-0.1, -0.05) is 29.5 Å². The van der Waals surface area contributed by atoms with E-state index in [4.69, 9.17) is 0 Å². The van der Waals surface area contributed by atoms with Gasteiger partial charge in [-0.2, -0.15) is 5.10 Å². The molecule has 0 saturated carbocycles. The number of para-hydroxylation sites is 1. The molecule has 0 aliphatic heterocycles. The van der Waals surface area contributed by atoms with Gasteiger partial charge in [0.1, 0.15) is 16.5 Å². The number of halogens is 3. The average molecular weight is 480 g/mol. The lowest BCUT2D eigenvalue weighted by Gasteiger charge is -2.11. The van der Waals surface area contributed by atoms with E-state index >= 15 is 0 Å². The van der Waals surface area contributed by atoms with Gasteiger partial charge >= 0.3 is 0 Å². The van der Waals surface area contributed by atoms with Crippen LogP contribution in [-0.2, 0) is 10.0 Å². The van der Waals surface area contributed by atoms with Crippen LogP contribution in [0.3, 0.4) is 0 Å². The van der Waals surface area contributed by atoms with E-state index in [0.29, 0.717) is 17.2 Å². The minimum Gasteiger partial charge on any atom is -0.340 e. The molecular formula is C19H15F3N6O2S2. The Morgan fingerprint density at radius 3 is 2.47 bits per heavy atom. The molecule has 0 spiro atoms. The molecule has 8 nitrogen and oxygen atoms in total. The Labute approximate surface area is 184 Å². The van der Waals surface area contributed by atoms with Gasteiger partial charge in [-0.05, 0) is 37.3 Å². The smallest absolute Gasteiger partial charge is 0.291 e. The van der Waals surface area contributed by atoms with Gasteiger partial charge in [-0.3, -0.25) is 4.72 Å². The molecule has 4 rings (SSSR count). The maximum atomic E-state index is 14.7. The summed E-state index contributed by atoms with van der Waals surface area (Å²) in [5.41, 5.74) is 1.79. The second-order valence-electron chi connectivity index (χ2n) is 6.54. The molecule has 0 radical (unpaired) electrons. The number of benzene rings is 2. The number of nitrogens with zero attached hydrogens (tertiary/aromatic N) is 4. The Hall–Kier alpha value is -3.45. The Kier molecular flexibility index (Phi) is 5.84. The van der Waals surface area contributed by atoms with Gasteiger partial charge in [0.25, 0.3) is 16.4 Å². The van der Waals surface area contributed by atoms with Crippen LogP contribution in [0.4, 0.5) is 29.8 Å². The van der Waals surface area contributed by atoms with Crippen LogP contribution in [0, 0.1) is 12.7 Å². The van der Waals surface area contributed by atoms with Gasteiger partial charge in [-0.25, -0.2) is 26.3 Å². The quantitative estimate of drug-likeness (QED) is 0.399. The van der Waals surface area contributed by atoms with E-state index in [1.54, 1.807) is 17.7 Å². The fourth-order valence-corrected chi connectivity index (χ4v) is 4.72. The number of alkyl halides is 2. The molecule has 4 aromatic rings. The third-order valence-corrected chi connectivity index (χ3v) is 6.52. The molecule has 13 heteroatoms. The van der Waals surface area contributed by atoms with Crippen LogP contribution in [0.2, 0.25) is 0 Å². The molecule has 0 saturated heterocycles. The van der Waals surface area contributed by atoms with Crippen molar-refractivity contribution in [1.29, 1.82) is 0 Å². The van der Waals surface area contributed by atoms with E-state index in [1.165, 1.54) is 6.07 Å². The van der Waals surface area contributed by atoms with Gasteiger partial charge in [0.2, 0.25) is 5.13 Å². The minimum absolute atomic E-state index is 0.287. The van der Waals surface area contributed by atoms with Crippen molar-refractivity contribution in [2.75, 3.05) is 10.0 Å². The Morgan fingerprint density at radius 1 is 1.06 bits per heavy atom. The fraction of sp³-hybridized carbons (Fsp3) is 0.105. The van der Waals surface area contributed by atoms with Gasteiger partial charge in [-0.15, -0.1) is 10.2 Å². The zero-order valence-corrected chi connectivity index (χ0v) is 18.0. The van der Waals surface area contributed by atoms with Crippen molar-refractivity contribution in [3.8, 4) is 5.69 Å². The number of nitrogens with one attached hydrogen (secondary N) is 2. The van der Waals surface area contributed by atoms with Crippen molar-refractivity contribution in [3.63, 3.8) is 0 Å². The van der Waals surface area contributed by atoms with Gasteiger partial charge < -0.3 is 5.32 Å². The summed E-state index contributed by atoms with van der Waals surface area (Å²) in [6.07, 6.45) is -2.89. The van der Waals surface area contributed by atoms with Crippen molar-refractivity contribution in [2.45, 2.75) is 18.2 Å². The lowest BCUT2D eigenvalue weighted by atomic mass is 10.3. The highest BCUT2D eigenvalue weighted by Gasteiger charge is 2.23. The molecule has 166 valence electrons. The summed E-state index contributed by atoms with van der Waals surface area (Å²) in [6, 6.07) is 14.5. The van der Waals surface area contributed by atoms with Crippen LogP contribution in [0.25, 0.3) is 5.69 Å². The third-order valence-electron chi connectivity index (χ3n) is 4.18. The first-order valence-electron chi connectivity index (χ1n) is 9.06. The predicted molar refractivity (Wildman–Crippen MR) is 114 cm³/mol. The monoisotopic (exact) mass is 480 g/mol. The van der Waals surface area contributed by atoms with Gasteiger partial charge in [0.05, 0.1) is 11.4 Å². The number of hydrogen-bond donors (Lipinski definition) is 2. The van der Waals surface area contributed by atoms with E-state index in [2.05, 4.69) is 20.6 Å². The maximum absolute atomic E-state index is 14.7. The average Bonchev–Trinajstić information content (AvgIpc) is 3.34. The summed E-state index contributed by atoms with van der Waals surface area (Å²) in [5, 5.41) is 12.9. The first-order valence-corrected chi connectivity index (χ1v) is 11.4. The number of anilines is 3. The van der Waals surface area contributed by atoms with Crippen molar-refractivity contribution < 1.29 is 21.6 Å². The van der Waals surface area contributed by atoms with E-state index in [0.717, 1.165) is 23.5 Å². The van der Waals surface area contributed by atoms with Crippen molar-refractivity contribution in [1.82, 2.24) is 20.0 Å². The number of rotatable bonds is 7. The first kappa shape index (κ1) is 21.8. The zero-order valence-electron chi connectivity index (χ0n) is 16.3. The molecule has 32 heavy (non-hydrogen) atoms. The zero-order chi connectivity index (χ0) is 22.9. The highest BCUT2D eigenvalue weighted by atomic mass is 32.2. The number of aromatic nitrogens is 4. The summed E-state index contributed by atoms with van der Waals surface area (Å²) in [4.78, 5) is -0.662. The number of hydrogen-bond acceptors (Lipinski definition) is 7. The lowest BCUT2D eigenvalue weighted by molar-refractivity contribution is 0.150. The third kappa shape index (κ3) is 4.57. The predicted octanol–water partition coefficient (Wildman–Crippen LogP) is 4.65. The Bertz CT molecular complexity index is 1360. The molecule has 0 bridgehead atoms. The van der Waals surface area contributed by atoms with E-state index < -0.39 is 32.2 Å². The minimum atomic E-state index is -4.40. The topological polar surface area (TPSA) is 102 Å². The van der Waals surface area contributed by atoms with Crippen LogP contribution >= 0.6 is 11.3 Å². The molecule has 0 amide bonds. The van der Waals surface area contributed by atoms with E-state index in [9.17, 15) is 21.6 Å². The van der Waals surface area contributed by atoms with Gasteiger partial charge in [0.15, 0.2) is 5.01 Å². The maximum Gasteiger partial charge on any atom is 0.291 e. The van der Waals surface area contributed by atoms with Crippen LogP contribution < -0.4 is 10.0 Å². The Balaban J connectivity index is 1.58. The van der Waals surface area contributed by atoms with Crippen molar-refractivity contribution >= 4 is 38.0 Å². The summed E-state index contributed by atoms with van der Waals surface area (Å²) < 4.78 is 68.5. The second-order valence-corrected chi connectivity index (χ2v) is 9.20. The van der Waals surface area contributed by atoms with Crippen LogP contribution in [0.5, 0.6) is 0 Å². The number of sulfonamides is 1. The highest BCUT2D eigenvalue weighted by Crippen LogP contribution is 2.29. The van der Waals surface area contributed by atoms with Crippen LogP contribution in [-0.4, -0.2) is 28.4 Å². The second kappa shape index (κ2) is 8.59. The summed E-state index contributed by atoms with van der Waals surface area (Å²) in [6.45, 7) is 1.81. The highest BCUT2D eigenvalue weighted by molar-refractivity contribution is 7.93. The molecule has 2 aromatic heterocycles. The summed E-state index contributed by atoms with van der Waals surface area (Å²) in [5.74, 6) is -0.487. The van der Waals surface area contributed by atoms with Crippen molar-refractivity contribution in [3.05, 3.63) is 71.1 Å². The fourth-order valence-electron chi connectivity index (χ4n) is 2.83.